The molecule has 3 aliphatic rings. The number of amides is 2. The fourth-order valence-corrected chi connectivity index (χ4v) is 5.60. The Labute approximate surface area is 187 Å². The van der Waals surface area contributed by atoms with Crippen LogP contribution in [-0.4, -0.2) is 65.8 Å². The molecule has 3 fully saturated rings. The van der Waals surface area contributed by atoms with Crippen LogP contribution in [0.2, 0.25) is 0 Å². The molecule has 0 bridgehead atoms. The van der Waals surface area contributed by atoms with Crippen LogP contribution in [0.15, 0.2) is 30.3 Å². The number of carbonyl (C=O) groups excluding carboxylic acids is 2. The molecular formula is C26H39N3O2. The van der Waals surface area contributed by atoms with Crippen LogP contribution in [0.25, 0.3) is 0 Å². The maximum Gasteiger partial charge on any atom is 0.236 e. The maximum absolute atomic E-state index is 13.4. The van der Waals surface area contributed by atoms with Gasteiger partial charge in [-0.2, -0.15) is 0 Å². The molecule has 170 valence electrons. The van der Waals surface area contributed by atoms with Crippen LogP contribution < -0.4 is 0 Å². The van der Waals surface area contributed by atoms with Crippen molar-refractivity contribution in [3.05, 3.63) is 35.9 Å². The molecule has 1 atom stereocenters. The Bertz CT molecular complexity index is 721. The van der Waals surface area contributed by atoms with Gasteiger partial charge in [-0.25, -0.2) is 0 Å². The van der Waals surface area contributed by atoms with Crippen LogP contribution in [0, 0.1) is 17.8 Å². The molecule has 3 heterocycles. The van der Waals surface area contributed by atoms with Crippen molar-refractivity contribution in [1.29, 1.82) is 0 Å². The van der Waals surface area contributed by atoms with E-state index in [2.05, 4.69) is 45.9 Å². The Morgan fingerprint density at radius 1 is 0.903 bits per heavy atom. The summed E-state index contributed by atoms with van der Waals surface area (Å²) in [6.45, 7) is 8.19. The highest BCUT2D eigenvalue weighted by atomic mass is 16.2. The first-order chi connectivity index (χ1) is 15.1. The Morgan fingerprint density at radius 3 is 2.32 bits per heavy atom. The van der Waals surface area contributed by atoms with E-state index in [1.54, 1.807) is 0 Å². The monoisotopic (exact) mass is 425 g/mol. The summed E-state index contributed by atoms with van der Waals surface area (Å²) in [7, 11) is 0. The van der Waals surface area contributed by atoms with E-state index in [9.17, 15) is 9.59 Å². The van der Waals surface area contributed by atoms with E-state index in [4.69, 9.17) is 0 Å². The summed E-state index contributed by atoms with van der Waals surface area (Å²) in [5.74, 6) is 2.03. The lowest BCUT2D eigenvalue weighted by molar-refractivity contribution is -0.139. The average Bonchev–Trinajstić information content (AvgIpc) is 2.97. The molecule has 0 aliphatic carbocycles. The minimum Gasteiger partial charge on any atom is -0.342 e. The lowest BCUT2D eigenvalue weighted by Gasteiger charge is -2.37. The van der Waals surface area contributed by atoms with E-state index in [1.807, 2.05) is 6.07 Å². The van der Waals surface area contributed by atoms with Gasteiger partial charge in [-0.1, -0.05) is 43.7 Å². The minimum absolute atomic E-state index is 0.160. The van der Waals surface area contributed by atoms with Gasteiger partial charge in [0.2, 0.25) is 11.8 Å². The predicted octanol–water partition coefficient (Wildman–Crippen LogP) is 3.79. The molecule has 0 N–H and O–H groups in total. The van der Waals surface area contributed by atoms with Crippen molar-refractivity contribution < 1.29 is 9.59 Å². The quantitative estimate of drug-likeness (QED) is 0.721. The van der Waals surface area contributed by atoms with Crippen molar-refractivity contribution in [3.63, 3.8) is 0 Å². The van der Waals surface area contributed by atoms with Gasteiger partial charge in [-0.05, 0) is 69.0 Å². The standard InChI is InChI=1S/C26H39N3O2/c1-21-10-17-28(18-11-21)25(30)20-27-15-12-23(13-16-27)24-9-5-6-14-29(26(24)31)19-22-7-3-2-4-8-22/h2-4,7-8,21,23-24H,5-6,9-20H2,1H3/t24-/m0/s1. The normalized spacial score (nSPS) is 24.9. The molecule has 0 unspecified atom stereocenters. The highest BCUT2D eigenvalue weighted by molar-refractivity contribution is 5.79. The van der Waals surface area contributed by atoms with Crippen molar-refractivity contribution in [2.24, 2.45) is 17.8 Å². The third kappa shape index (κ3) is 5.88. The molecule has 1 aromatic rings. The first kappa shape index (κ1) is 22.3. The van der Waals surface area contributed by atoms with Crippen LogP contribution in [0.3, 0.4) is 0 Å². The van der Waals surface area contributed by atoms with E-state index in [0.717, 1.165) is 90.1 Å². The second-order valence-electron chi connectivity index (χ2n) is 10.0. The molecule has 0 spiro atoms. The highest BCUT2D eigenvalue weighted by Gasteiger charge is 2.35. The summed E-state index contributed by atoms with van der Waals surface area (Å²) in [6.07, 6.45) is 7.64. The molecule has 1 aromatic carbocycles. The zero-order valence-electron chi connectivity index (χ0n) is 19.2. The van der Waals surface area contributed by atoms with Crippen LogP contribution >= 0.6 is 0 Å². The van der Waals surface area contributed by atoms with E-state index < -0.39 is 0 Å². The van der Waals surface area contributed by atoms with E-state index in [0.29, 0.717) is 24.3 Å². The fraction of sp³-hybridized carbons (Fsp3) is 0.692. The molecule has 0 aromatic heterocycles. The molecule has 0 radical (unpaired) electrons. The summed E-state index contributed by atoms with van der Waals surface area (Å²) in [5, 5.41) is 0. The SMILES string of the molecule is CC1CCN(C(=O)CN2CCC([C@@H]3CCCCN(Cc4ccccc4)C3=O)CC2)CC1. The number of hydrogen-bond acceptors (Lipinski definition) is 3. The van der Waals surface area contributed by atoms with Crippen LogP contribution in [0.5, 0.6) is 0 Å². The van der Waals surface area contributed by atoms with Gasteiger partial charge in [0.25, 0.3) is 0 Å². The van der Waals surface area contributed by atoms with E-state index in [-0.39, 0.29) is 5.92 Å². The number of likely N-dealkylation sites (tertiary alicyclic amines) is 3. The molecule has 4 rings (SSSR count). The number of hydrogen-bond donors (Lipinski definition) is 0. The lowest BCUT2D eigenvalue weighted by Crippen LogP contribution is -2.47. The summed E-state index contributed by atoms with van der Waals surface area (Å²) < 4.78 is 0. The predicted molar refractivity (Wildman–Crippen MR) is 123 cm³/mol. The number of piperidine rings is 2. The van der Waals surface area contributed by atoms with Crippen molar-refractivity contribution in [2.45, 2.75) is 58.4 Å². The van der Waals surface area contributed by atoms with Gasteiger partial charge in [0.15, 0.2) is 0 Å². The second-order valence-corrected chi connectivity index (χ2v) is 10.0. The average molecular weight is 426 g/mol. The summed E-state index contributed by atoms with van der Waals surface area (Å²) in [4.78, 5) is 32.6. The van der Waals surface area contributed by atoms with Gasteiger partial charge in [0, 0.05) is 32.1 Å². The lowest BCUT2D eigenvalue weighted by atomic mass is 9.81. The van der Waals surface area contributed by atoms with Crippen LogP contribution in [0.4, 0.5) is 0 Å². The largest absolute Gasteiger partial charge is 0.342 e. The van der Waals surface area contributed by atoms with Crippen molar-refractivity contribution in [1.82, 2.24) is 14.7 Å². The molecule has 3 saturated heterocycles. The molecular weight excluding hydrogens is 386 g/mol. The van der Waals surface area contributed by atoms with E-state index >= 15 is 0 Å². The van der Waals surface area contributed by atoms with E-state index in [1.165, 1.54) is 5.56 Å². The van der Waals surface area contributed by atoms with Gasteiger partial charge in [-0.15, -0.1) is 0 Å². The van der Waals surface area contributed by atoms with Crippen molar-refractivity contribution in [3.8, 4) is 0 Å². The Hall–Kier alpha value is -1.88. The number of carbonyl (C=O) groups is 2. The van der Waals surface area contributed by atoms with Gasteiger partial charge in [0.05, 0.1) is 6.54 Å². The molecule has 2 amide bonds. The second kappa shape index (κ2) is 10.6. The van der Waals surface area contributed by atoms with Crippen LogP contribution in [-0.2, 0) is 16.1 Å². The zero-order chi connectivity index (χ0) is 21.6. The topological polar surface area (TPSA) is 43.9 Å². The molecule has 3 aliphatic heterocycles. The molecule has 31 heavy (non-hydrogen) atoms. The number of rotatable bonds is 5. The van der Waals surface area contributed by atoms with Crippen molar-refractivity contribution >= 4 is 11.8 Å². The Kier molecular flexibility index (Phi) is 7.65. The molecule has 5 nitrogen and oxygen atoms in total. The van der Waals surface area contributed by atoms with Gasteiger partial charge in [0.1, 0.15) is 0 Å². The maximum atomic E-state index is 13.4. The summed E-state index contributed by atoms with van der Waals surface area (Å²) in [6, 6.07) is 10.4. The number of nitrogens with zero attached hydrogens (tertiary/aromatic N) is 3. The third-order valence-corrected chi connectivity index (χ3v) is 7.73. The fourth-order valence-electron chi connectivity index (χ4n) is 5.60. The molecule has 5 heteroatoms. The van der Waals surface area contributed by atoms with Gasteiger partial charge >= 0.3 is 0 Å². The Morgan fingerprint density at radius 2 is 1.61 bits per heavy atom. The van der Waals surface area contributed by atoms with Crippen molar-refractivity contribution in [2.75, 3.05) is 39.3 Å². The van der Waals surface area contributed by atoms with Gasteiger partial charge < -0.3 is 9.80 Å². The molecule has 0 saturated carbocycles. The Balaban J connectivity index is 1.28. The van der Waals surface area contributed by atoms with Crippen LogP contribution in [0.1, 0.15) is 57.4 Å². The zero-order valence-corrected chi connectivity index (χ0v) is 19.2. The first-order valence-corrected chi connectivity index (χ1v) is 12.4. The first-order valence-electron chi connectivity index (χ1n) is 12.4. The minimum atomic E-state index is 0.160. The van der Waals surface area contributed by atoms with Gasteiger partial charge in [-0.3, -0.25) is 14.5 Å². The number of benzene rings is 1. The summed E-state index contributed by atoms with van der Waals surface area (Å²) in [5.41, 5.74) is 1.22. The smallest absolute Gasteiger partial charge is 0.236 e. The highest BCUT2D eigenvalue weighted by Crippen LogP contribution is 2.32. The third-order valence-electron chi connectivity index (χ3n) is 7.73. The summed E-state index contributed by atoms with van der Waals surface area (Å²) >= 11 is 0.